The van der Waals surface area contributed by atoms with Crippen molar-refractivity contribution in [3.05, 3.63) is 0 Å². The third kappa shape index (κ3) is 1.49. The monoisotopic (exact) mass is 194 g/mol. The summed E-state index contributed by atoms with van der Waals surface area (Å²) in [5.74, 6) is 1.00. The van der Waals surface area contributed by atoms with Gasteiger partial charge in [0.25, 0.3) is 0 Å². The normalized spacial score (nSPS) is 40.9. The summed E-state index contributed by atoms with van der Waals surface area (Å²) < 4.78 is 0. The molecule has 80 valence electrons. The van der Waals surface area contributed by atoms with Crippen molar-refractivity contribution in [3.63, 3.8) is 0 Å². The molecule has 2 saturated heterocycles. The van der Waals surface area contributed by atoms with E-state index in [0.717, 1.165) is 12.0 Å². The van der Waals surface area contributed by atoms with E-state index in [2.05, 4.69) is 4.90 Å². The van der Waals surface area contributed by atoms with Gasteiger partial charge in [0.15, 0.2) is 0 Å². The van der Waals surface area contributed by atoms with E-state index in [1.807, 2.05) is 0 Å². The quantitative estimate of drug-likeness (QED) is 0.725. The Morgan fingerprint density at radius 3 is 2.29 bits per heavy atom. The summed E-state index contributed by atoms with van der Waals surface area (Å²) >= 11 is 0. The molecule has 0 aromatic heterocycles. The second-order valence-electron chi connectivity index (χ2n) is 5.82. The van der Waals surface area contributed by atoms with Crippen molar-refractivity contribution in [1.82, 2.24) is 4.90 Å². The predicted molar refractivity (Wildman–Crippen MR) is 58.1 cm³/mol. The highest BCUT2D eigenvalue weighted by Gasteiger charge is 2.40. The van der Waals surface area contributed by atoms with Crippen LogP contribution in [-0.2, 0) is 0 Å². The van der Waals surface area contributed by atoms with Crippen LogP contribution in [0.4, 0.5) is 0 Å². The van der Waals surface area contributed by atoms with E-state index in [-0.39, 0.29) is 5.54 Å². The molecule has 0 radical (unpaired) electrons. The molecule has 4 aliphatic rings. The lowest BCUT2D eigenvalue weighted by Crippen LogP contribution is -2.60. The smallest absolute Gasteiger partial charge is 0.0283 e. The summed E-state index contributed by atoms with van der Waals surface area (Å²) in [6.07, 6.45) is 9.75. The van der Waals surface area contributed by atoms with Crippen molar-refractivity contribution in [3.8, 4) is 0 Å². The topological polar surface area (TPSA) is 29.3 Å². The Bertz CT molecular complexity index is 214. The van der Waals surface area contributed by atoms with Crippen molar-refractivity contribution in [2.75, 3.05) is 13.1 Å². The average molecular weight is 194 g/mol. The van der Waals surface area contributed by atoms with Crippen LogP contribution in [0, 0.1) is 5.92 Å². The molecular formula is C12H22N2. The maximum atomic E-state index is 6.32. The Morgan fingerprint density at radius 2 is 1.86 bits per heavy atom. The zero-order valence-electron chi connectivity index (χ0n) is 9.04. The molecule has 2 aliphatic carbocycles. The molecular weight excluding hydrogens is 172 g/mol. The van der Waals surface area contributed by atoms with Gasteiger partial charge < -0.3 is 5.73 Å². The summed E-state index contributed by atoms with van der Waals surface area (Å²) in [6, 6.07) is 0.890. The molecule has 0 unspecified atom stereocenters. The van der Waals surface area contributed by atoms with Crippen LogP contribution in [0.15, 0.2) is 0 Å². The van der Waals surface area contributed by atoms with Gasteiger partial charge in [0.2, 0.25) is 0 Å². The zero-order valence-corrected chi connectivity index (χ0v) is 9.04. The summed E-state index contributed by atoms with van der Waals surface area (Å²) in [5.41, 5.74) is 6.53. The first-order valence-electron chi connectivity index (χ1n) is 6.28. The first kappa shape index (κ1) is 9.17. The molecule has 2 bridgehead atoms. The predicted octanol–water partition coefficient (Wildman–Crippen LogP) is 1.74. The number of fused-ring (bicyclic) bond motifs is 3. The first-order chi connectivity index (χ1) is 6.75. The third-order valence-corrected chi connectivity index (χ3v) is 4.69. The molecule has 0 atom stereocenters. The van der Waals surface area contributed by atoms with Crippen LogP contribution in [-0.4, -0.2) is 29.6 Å². The van der Waals surface area contributed by atoms with Gasteiger partial charge in [-0.2, -0.15) is 0 Å². The van der Waals surface area contributed by atoms with Crippen LogP contribution >= 0.6 is 0 Å². The van der Waals surface area contributed by atoms with Crippen molar-refractivity contribution in [2.24, 2.45) is 11.7 Å². The summed E-state index contributed by atoms with van der Waals surface area (Å²) in [6.45, 7) is 2.54. The molecule has 2 N–H and O–H groups in total. The van der Waals surface area contributed by atoms with Gasteiger partial charge in [-0.3, -0.25) is 4.90 Å². The van der Waals surface area contributed by atoms with Gasteiger partial charge in [-0.05, 0) is 50.9 Å². The van der Waals surface area contributed by atoms with Gasteiger partial charge >= 0.3 is 0 Å². The lowest BCUT2D eigenvalue weighted by atomic mass is 9.74. The highest BCUT2D eigenvalue weighted by atomic mass is 15.2. The van der Waals surface area contributed by atoms with E-state index < -0.39 is 0 Å². The van der Waals surface area contributed by atoms with Gasteiger partial charge in [-0.25, -0.2) is 0 Å². The summed E-state index contributed by atoms with van der Waals surface area (Å²) in [5, 5.41) is 0. The second-order valence-corrected chi connectivity index (χ2v) is 5.82. The summed E-state index contributed by atoms with van der Waals surface area (Å²) in [7, 11) is 0. The maximum absolute atomic E-state index is 6.32. The molecule has 4 rings (SSSR count). The maximum Gasteiger partial charge on any atom is 0.0283 e. The lowest BCUT2D eigenvalue weighted by molar-refractivity contribution is 0.0165. The second kappa shape index (κ2) is 3.21. The van der Waals surface area contributed by atoms with E-state index >= 15 is 0 Å². The minimum absolute atomic E-state index is 0.206. The van der Waals surface area contributed by atoms with Crippen molar-refractivity contribution in [2.45, 2.75) is 56.5 Å². The van der Waals surface area contributed by atoms with Crippen LogP contribution in [0.25, 0.3) is 0 Å². The third-order valence-electron chi connectivity index (χ3n) is 4.69. The first-order valence-corrected chi connectivity index (χ1v) is 6.28. The Balaban J connectivity index is 1.62. The van der Waals surface area contributed by atoms with E-state index in [0.29, 0.717) is 0 Å². The van der Waals surface area contributed by atoms with E-state index in [1.165, 1.54) is 58.0 Å². The van der Waals surface area contributed by atoms with E-state index in [1.54, 1.807) is 0 Å². The molecule has 0 aromatic carbocycles. The fraction of sp³-hybridized carbons (Fsp3) is 1.00. The van der Waals surface area contributed by atoms with Crippen LogP contribution in [0.5, 0.6) is 0 Å². The number of hydrogen-bond donors (Lipinski definition) is 1. The number of piperidine rings is 2. The Hall–Kier alpha value is -0.0800. The number of nitrogens with two attached hydrogens (primary N) is 1. The van der Waals surface area contributed by atoms with Gasteiger partial charge in [-0.1, -0.05) is 0 Å². The zero-order chi connectivity index (χ0) is 9.60. The minimum atomic E-state index is 0.206. The molecule has 2 saturated carbocycles. The van der Waals surface area contributed by atoms with Gasteiger partial charge in [-0.15, -0.1) is 0 Å². The average Bonchev–Trinajstić information content (AvgIpc) is 2.17. The number of rotatable bonds is 2. The SMILES string of the molecule is NC1(CN2CC3CCC2CC3)CCC1. The molecule has 2 heterocycles. The largest absolute Gasteiger partial charge is 0.324 e. The van der Waals surface area contributed by atoms with Crippen LogP contribution in [0.3, 0.4) is 0 Å². The van der Waals surface area contributed by atoms with Crippen LogP contribution < -0.4 is 5.73 Å². The Morgan fingerprint density at radius 1 is 1.14 bits per heavy atom. The number of nitrogens with zero attached hydrogens (tertiary/aromatic N) is 1. The lowest BCUT2D eigenvalue weighted by Gasteiger charge is -2.50. The Labute approximate surface area is 86.8 Å². The molecule has 2 nitrogen and oxygen atoms in total. The highest BCUT2D eigenvalue weighted by molar-refractivity contribution is 4.99. The van der Waals surface area contributed by atoms with Gasteiger partial charge in [0, 0.05) is 24.7 Å². The fourth-order valence-electron chi connectivity index (χ4n) is 3.56. The fourth-order valence-corrected chi connectivity index (χ4v) is 3.56. The Kier molecular flexibility index (Phi) is 2.10. The summed E-state index contributed by atoms with van der Waals surface area (Å²) in [4.78, 5) is 2.71. The van der Waals surface area contributed by atoms with Crippen molar-refractivity contribution >= 4 is 0 Å². The molecule has 2 heteroatoms. The van der Waals surface area contributed by atoms with Gasteiger partial charge in [0.1, 0.15) is 0 Å². The highest BCUT2D eigenvalue weighted by Crippen LogP contribution is 2.38. The van der Waals surface area contributed by atoms with E-state index in [4.69, 9.17) is 5.73 Å². The van der Waals surface area contributed by atoms with E-state index in [9.17, 15) is 0 Å². The van der Waals surface area contributed by atoms with Crippen molar-refractivity contribution < 1.29 is 0 Å². The minimum Gasteiger partial charge on any atom is -0.324 e. The molecule has 0 spiro atoms. The van der Waals surface area contributed by atoms with Crippen LogP contribution in [0.1, 0.15) is 44.9 Å². The molecule has 2 aliphatic heterocycles. The molecule has 4 fully saturated rings. The molecule has 0 aromatic rings. The van der Waals surface area contributed by atoms with Crippen molar-refractivity contribution in [1.29, 1.82) is 0 Å². The van der Waals surface area contributed by atoms with Crippen LogP contribution in [0.2, 0.25) is 0 Å². The number of hydrogen-bond acceptors (Lipinski definition) is 2. The molecule has 14 heavy (non-hydrogen) atoms. The molecule has 0 amide bonds. The van der Waals surface area contributed by atoms with Gasteiger partial charge in [0.05, 0.1) is 0 Å². The standard InChI is InChI=1S/C12H22N2/c13-12(6-1-7-12)9-14-8-10-2-4-11(14)5-3-10/h10-11H,1-9,13H2.